The van der Waals surface area contributed by atoms with Crippen LogP contribution in [-0.2, 0) is 0 Å². The second kappa shape index (κ2) is 6.39. The van der Waals surface area contributed by atoms with Gasteiger partial charge in [0, 0.05) is 0 Å². The van der Waals surface area contributed by atoms with Crippen molar-refractivity contribution < 1.29 is 19.0 Å². The Balaban J connectivity index is 2.38. The number of para-hydroxylation sites is 2. The van der Waals surface area contributed by atoms with E-state index in [-0.39, 0.29) is 11.3 Å². The molecule has 0 bridgehead atoms. The molecule has 1 unspecified atom stereocenters. The largest absolute Gasteiger partial charge is 0.490 e. The van der Waals surface area contributed by atoms with Crippen LogP contribution in [0.4, 0.5) is 4.39 Å². The zero-order valence-corrected chi connectivity index (χ0v) is 11.5. The molecule has 0 aliphatic rings. The summed E-state index contributed by atoms with van der Waals surface area (Å²) in [5.41, 5.74) is 0.138. The number of aliphatic hydroxyl groups excluding tert-OH is 1. The molecule has 0 saturated heterocycles. The maximum Gasteiger partial charge on any atom is 0.169 e. The highest BCUT2D eigenvalue weighted by Crippen LogP contribution is 2.35. The van der Waals surface area contributed by atoms with Crippen molar-refractivity contribution in [2.75, 3.05) is 6.61 Å². The topological polar surface area (TPSA) is 38.7 Å². The van der Waals surface area contributed by atoms with E-state index in [4.69, 9.17) is 9.47 Å². The molecule has 3 nitrogen and oxygen atoms in total. The summed E-state index contributed by atoms with van der Waals surface area (Å²) < 4.78 is 24.9. The standard InChI is InChI=1S/C16H17FO3/c1-3-19-13-8-4-5-9-14(13)20-15-10-6-7-12(17)16(15)11(2)18/h4-11,18H,3H2,1-2H3. The monoisotopic (exact) mass is 276 g/mol. The van der Waals surface area contributed by atoms with E-state index in [1.165, 1.54) is 13.0 Å². The Kier molecular flexibility index (Phi) is 4.58. The molecule has 2 aromatic rings. The first-order valence-corrected chi connectivity index (χ1v) is 6.49. The van der Waals surface area contributed by atoms with E-state index in [9.17, 15) is 9.50 Å². The molecule has 0 aromatic heterocycles. The molecule has 106 valence electrons. The van der Waals surface area contributed by atoms with Gasteiger partial charge < -0.3 is 14.6 Å². The predicted molar refractivity (Wildman–Crippen MR) is 74.7 cm³/mol. The molecule has 0 aliphatic heterocycles. The van der Waals surface area contributed by atoms with Crippen molar-refractivity contribution >= 4 is 0 Å². The fourth-order valence-corrected chi connectivity index (χ4v) is 1.94. The average molecular weight is 276 g/mol. The third-order valence-electron chi connectivity index (χ3n) is 2.80. The summed E-state index contributed by atoms with van der Waals surface area (Å²) in [5, 5.41) is 9.68. The zero-order valence-electron chi connectivity index (χ0n) is 11.5. The van der Waals surface area contributed by atoms with Gasteiger partial charge in [0.1, 0.15) is 11.6 Å². The highest BCUT2D eigenvalue weighted by molar-refractivity contribution is 5.45. The van der Waals surface area contributed by atoms with Gasteiger partial charge in [-0.3, -0.25) is 0 Å². The van der Waals surface area contributed by atoms with Crippen molar-refractivity contribution in [3.8, 4) is 17.2 Å². The lowest BCUT2D eigenvalue weighted by Crippen LogP contribution is -2.01. The van der Waals surface area contributed by atoms with Crippen LogP contribution in [0, 0.1) is 5.82 Å². The Morgan fingerprint density at radius 3 is 2.35 bits per heavy atom. The van der Waals surface area contributed by atoms with Gasteiger partial charge in [0.15, 0.2) is 11.5 Å². The summed E-state index contributed by atoms with van der Waals surface area (Å²) in [7, 11) is 0. The van der Waals surface area contributed by atoms with Crippen molar-refractivity contribution in [3.05, 3.63) is 53.8 Å². The maximum atomic E-state index is 13.8. The Morgan fingerprint density at radius 1 is 1.05 bits per heavy atom. The molecule has 0 amide bonds. The maximum absolute atomic E-state index is 13.8. The predicted octanol–water partition coefficient (Wildman–Crippen LogP) is 4.07. The van der Waals surface area contributed by atoms with E-state index in [0.29, 0.717) is 18.1 Å². The van der Waals surface area contributed by atoms with Crippen molar-refractivity contribution in [1.82, 2.24) is 0 Å². The number of hydrogen-bond acceptors (Lipinski definition) is 3. The molecule has 2 rings (SSSR count). The van der Waals surface area contributed by atoms with Crippen LogP contribution in [0.1, 0.15) is 25.5 Å². The van der Waals surface area contributed by atoms with Crippen LogP contribution < -0.4 is 9.47 Å². The smallest absolute Gasteiger partial charge is 0.169 e. The molecule has 2 aromatic carbocycles. The first kappa shape index (κ1) is 14.3. The second-order valence-corrected chi connectivity index (χ2v) is 4.31. The van der Waals surface area contributed by atoms with E-state index >= 15 is 0 Å². The molecule has 0 aliphatic carbocycles. The Hall–Kier alpha value is -2.07. The minimum atomic E-state index is -0.953. The minimum absolute atomic E-state index is 0.138. The molecule has 4 heteroatoms. The van der Waals surface area contributed by atoms with Crippen molar-refractivity contribution in [1.29, 1.82) is 0 Å². The van der Waals surface area contributed by atoms with Crippen LogP contribution >= 0.6 is 0 Å². The summed E-state index contributed by atoms with van der Waals surface area (Å²) in [6, 6.07) is 11.6. The first-order chi connectivity index (χ1) is 9.63. The van der Waals surface area contributed by atoms with Crippen molar-refractivity contribution in [2.24, 2.45) is 0 Å². The lowest BCUT2D eigenvalue weighted by Gasteiger charge is -2.16. The van der Waals surface area contributed by atoms with Crippen molar-refractivity contribution in [2.45, 2.75) is 20.0 Å². The van der Waals surface area contributed by atoms with Gasteiger partial charge in [-0.25, -0.2) is 4.39 Å². The molecule has 0 fully saturated rings. The number of benzene rings is 2. The first-order valence-electron chi connectivity index (χ1n) is 6.49. The molecule has 20 heavy (non-hydrogen) atoms. The Labute approximate surface area is 117 Å². The Bertz CT molecular complexity index is 582. The van der Waals surface area contributed by atoms with Gasteiger partial charge >= 0.3 is 0 Å². The van der Waals surface area contributed by atoms with E-state index in [0.717, 1.165) is 0 Å². The normalized spacial score (nSPS) is 12.0. The van der Waals surface area contributed by atoms with Crippen LogP contribution in [-0.4, -0.2) is 11.7 Å². The van der Waals surface area contributed by atoms with Crippen LogP contribution in [0.5, 0.6) is 17.2 Å². The van der Waals surface area contributed by atoms with Gasteiger partial charge in [0.05, 0.1) is 18.3 Å². The van der Waals surface area contributed by atoms with Crippen LogP contribution in [0.25, 0.3) is 0 Å². The van der Waals surface area contributed by atoms with Gasteiger partial charge in [-0.2, -0.15) is 0 Å². The van der Waals surface area contributed by atoms with Gasteiger partial charge in [0.25, 0.3) is 0 Å². The third-order valence-corrected chi connectivity index (χ3v) is 2.80. The van der Waals surface area contributed by atoms with Gasteiger partial charge in [-0.1, -0.05) is 18.2 Å². The molecule has 0 saturated carbocycles. The van der Waals surface area contributed by atoms with Gasteiger partial charge in [-0.15, -0.1) is 0 Å². The van der Waals surface area contributed by atoms with E-state index in [2.05, 4.69) is 0 Å². The molecular weight excluding hydrogens is 259 g/mol. The van der Waals surface area contributed by atoms with Gasteiger partial charge in [-0.05, 0) is 38.1 Å². The summed E-state index contributed by atoms with van der Waals surface area (Å²) >= 11 is 0. The molecule has 1 N–H and O–H groups in total. The number of hydrogen-bond donors (Lipinski definition) is 1. The van der Waals surface area contributed by atoms with Crippen LogP contribution in [0.2, 0.25) is 0 Å². The molecule has 0 radical (unpaired) electrons. The quantitative estimate of drug-likeness (QED) is 0.894. The SMILES string of the molecule is CCOc1ccccc1Oc1cccc(F)c1C(C)O. The zero-order chi connectivity index (χ0) is 14.5. The average Bonchev–Trinajstić information content (AvgIpc) is 2.41. The van der Waals surface area contributed by atoms with Crippen LogP contribution in [0.15, 0.2) is 42.5 Å². The summed E-state index contributed by atoms with van der Waals surface area (Å²) in [6.45, 7) is 3.88. The minimum Gasteiger partial charge on any atom is -0.490 e. The third kappa shape index (κ3) is 3.08. The van der Waals surface area contributed by atoms with Crippen LogP contribution in [0.3, 0.4) is 0 Å². The number of aliphatic hydroxyl groups is 1. The fraction of sp³-hybridized carbons (Fsp3) is 0.250. The van der Waals surface area contributed by atoms with E-state index in [1.54, 1.807) is 30.3 Å². The highest BCUT2D eigenvalue weighted by atomic mass is 19.1. The molecular formula is C16H17FO3. The highest BCUT2D eigenvalue weighted by Gasteiger charge is 2.16. The molecule has 1 atom stereocenters. The van der Waals surface area contributed by atoms with E-state index in [1.807, 2.05) is 13.0 Å². The molecule has 0 heterocycles. The molecule has 0 spiro atoms. The van der Waals surface area contributed by atoms with Crippen molar-refractivity contribution in [3.63, 3.8) is 0 Å². The summed E-state index contributed by atoms with van der Waals surface area (Å²) in [6.07, 6.45) is -0.953. The summed E-state index contributed by atoms with van der Waals surface area (Å²) in [5.74, 6) is 0.858. The number of ether oxygens (including phenoxy) is 2. The summed E-state index contributed by atoms with van der Waals surface area (Å²) in [4.78, 5) is 0. The fourth-order valence-electron chi connectivity index (χ4n) is 1.94. The van der Waals surface area contributed by atoms with Gasteiger partial charge in [0.2, 0.25) is 0 Å². The van der Waals surface area contributed by atoms with E-state index < -0.39 is 11.9 Å². The number of rotatable bonds is 5. The number of halogens is 1. The lowest BCUT2D eigenvalue weighted by molar-refractivity contribution is 0.190. The lowest BCUT2D eigenvalue weighted by atomic mass is 10.1. The Morgan fingerprint density at radius 2 is 1.70 bits per heavy atom. The second-order valence-electron chi connectivity index (χ2n) is 4.31.